The van der Waals surface area contributed by atoms with Gasteiger partial charge in [0.2, 0.25) is 0 Å². The predicted octanol–water partition coefficient (Wildman–Crippen LogP) is 6.43. The number of hydrogen-bond acceptors (Lipinski definition) is 2. The third-order valence-electron chi connectivity index (χ3n) is 5.65. The van der Waals surface area contributed by atoms with Crippen LogP contribution in [0.4, 0.5) is 0 Å². The molecule has 0 radical (unpaired) electrons. The number of ether oxygens (including phenoxy) is 2. The zero-order valence-electron chi connectivity index (χ0n) is 17.7. The Bertz CT molecular complexity index is 1090. The number of rotatable bonds is 8. The van der Waals surface area contributed by atoms with Gasteiger partial charge in [-0.05, 0) is 70.8 Å². The highest BCUT2D eigenvalue weighted by Crippen LogP contribution is 2.24. The molecule has 0 bridgehead atoms. The Morgan fingerprint density at radius 3 is 1.57 bits per heavy atom. The van der Waals surface area contributed by atoms with Crippen molar-refractivity contribution >= 4 is 10.8 Å². The lowest BCUT2D eigenvalue weighted by Gasteiger charge is -2.09. The van der Waals surface area contributed by atoms with E-state index in [-0.39, 0.29) is 0 Å². The second-order valence-corrected chi connectivity index (χ2v) is 7.72. The highest BCUT2D eigenvalue weighted by Gasteiger charge is 2.04. The lowest BCUT2D eigenvalue weighted by atomic mass is 9.99. The van der Waals surface area contributed by atoms with Crippen LogP contribution in [0, 0.1) is 0 Å². The predicted molar refractivity (Wildman–Crippen MR) is 125 cm³/mol. The first-order valence-corrected chi connectivity index (χ1v) is 10.5. The minimum absolute atomic E-state index is 0.841. The fourth-order valence-electron chi connectivity index (χ4n) is 3.85. The summed E-state index contributed by atoms with van der Waals surface area (Å²) in [7, 11) is 3.38. The van der Waals surface area contributed by atoms with Crippen molar-refractivity contribution in [3.05, 3.63) is 107 Å². The molecular weight excluding hydrogens is 368 g/mol. The molecule has 0 spiro atoms. The molecular formula is C28H28O2. The van der Waals surface area contributed by atoms with Crippen molar-refractivity contribution < 1.29 is 9.47 Å². The summed E-state index contributed by atoms with van der Waals surface area (Å²) in [5, 5.41) is 2.62. The average molecular weight is 397 g/mol. The van der Waals surface area contributed by atoms with E-state index in [1.165, 1.54) is 33.0 Å². The maximum absolute atomic E-state index is 5.37. The van der Waals surface area contributed by atoms with Gasteiger partial charge in [0.15, 0.2) is 0 Å². The van der Waals surface area contributed by atoms with E-state index in [1.807, 2.05) is 6.07 Å². The average Bonchev–Trinajstić information content (AvgIpc) is 2.81. The molecule has 0 aliphatic rings. The fraction of sp³-hybridized carbons (Fsp3) is 0.214. The molecule has 4 rings (SSSR count). The van der Waals surface area contributed by atoms with Crippen molar-refractivity contribution in [2.75, 3.05) is 14.2 Å². The fourth-order valence-corrected chi connectivity index (χ4v) is 3.85. The zero-order valence-corrected chi connectivity index (χ0v) is 17.7. The van der Waals surface area contributed by atoms with Gasteiger partial charge in [0, 0.05) is 6.07 Å². The lowest BCUT2D eigenvalue weighted by Crippen LogP contribution is -1.96. The molecule has 0 N–H and O–H groups in total. The molecule has 0 unspecified atom stereocenters. The zero-order chi connectivity index (χ0) is 20.8. The first-order chi connectivity index (χ1) is 14.7. The molecule has 0 fully saturated rings. The van der Waals surface area contributed by atoms with E-state index in [1.54, 1.807) is 14.2 Å². The van der Waals surface area contributed by atoms with Gasteiger partial charge in [0.25, 0.3) is 0 Å². The second kappa shape index (κ2) is 9.49. The lowest BCUT2D eigenvalue weighted by molar-refractivity contribution is 0.393. The normalized spacial score (nSPS) is 10.9. The van der Waals surface area contributed by atoms with Crippen molar-refractivity contribution in [2.24, 2.45) is 0 Å². The van der Waals surface area contributed by atoms with Gasteiger partial charge < -0.3 is 9.47 Å². The van der Waals surface area contributed by atoms with Crippen molar-refractivity contribution in [1.29, 1.82) is 0 Å². The van der Waals surface area contributed by atoms with Crippen LogP contribution in [0.3, 0.4) is 0 Å². The van der Waals surface area contributed by atoms with E-state index < -0.39 is 0 Å². The summed E-state index contributed by atoms with van der Waals surface area (Å²) in [5.41, 5.74) is 5.36. The molecule has 0 aromatic heterocycles. The van der Waals surface area contributed by atoms with Crippen molar-refractivity contribution in [3.8, 4) is 11.5 Å². The molecule has 2 nitrogen and oxygen atoms in total. The Labute approximate surface area is 179 Å². The van der Waals surface area contributed by atoms with E-state index in [0.717, 1.165) is 37.2 Å². The van der Waals surface area contributed by atoms with Crippen LogP contribution in [0.1, 0.15) is 22.3 Å². The van der Waals surface area contributed by atoms with Crippen molar-refractivity contribution in [1.82, 2.24) is 0 Å². The molecule has 0 saturated heterocycles. The first kappa shape index (κ1) is 20.0. The number of hydrogen-bond donors (Lipinski definition) is 0. The third kappa shape index (κ3) is 5.01. The molecule has 0 saturated carbocycles. The molecule has 30 heavy (non-hydrogen) atoms. The Morgan fingerprint density at radius 1 is 0.467 bits per heavy atom. The number of benzene rings is 4. The van der Waals surface area contributed by atoms with Crippen LogP contribution < -0.4 is 9.47 Å². The summed E-state index contributed by atoms with van der Waals surface area (Å²) in [6, 6.07) is 30.5. The molecule has 0 atom stereocenters. The van der Waals surface area contributed by atoms with Crippen LogP contribution in [0.2, 0.25) is 0 Å². The molecule has 0 amide bonds. The minimum atomic E-state index is 0.841. The highest BCUT2D eigenvalue weighted by atomic mass is 16.5. The summed E-state index contributed by atoms with van der Waals surface area (Å²) in [5.74, 6) is 1.68. The Morgan fingerprint density at radius 2 is 0.967 bits per heavy atom. The van der Waals surface area contributed by atoms with Crippen LogP contribution >= 0.6 is 0 Å². The molecule has 4 aromatic carbocycles. The largest absolute Gasteiger partial charge is 0.497 e. The van der Waals surface area contributed by atoms with Crippen LogP contribution in [0.15, 0.2) is 84.9 Å². The maximum Gasteiger partial charge on any atom is 0.122 e. The maximum atomic E-state index is 5.37. The van der Waals surface area contributed by atoms with Gasteiger partial charge in [-0.3, -0.25) is 0 Å². The second-order valence-electron chi connectivity index (χ2n) is 7.72. The van der Waals surface area contributed by atoms with Crippen LogP contribution in [-0.2, 0) is 25.7 Å². The first-order valence-electron chi connectivity index (χ1n) is 10.5. The Hall–Kier alpha value is -3.26. The molecule has 0 aliphatic heterocycles. The summed E-state index contributed by atoms with van der Waals surface area (Å²) < 4.78 is 10.7. The topological polar surface area (TPSA) is 18.5 Å². The van der Waals surface area contributed by atoms with Gasteiger partial charge >= 0.3 is 0 Å². The van der Waals surface area contributed by atoms with Gasteiger partial charge in [-0.2, -0.15) is 0 Å². The van der Waals surface area contributed by atoms with Gasteiger partial charge in [-0.1, -0.05) is 66.7 Å². The van der Waals surface area contributed by atoms with E-state index >= 15 is 0 Å². The van der Waals surface area contributed by atoms with Crippen LogP contribution in [-0.4, -0.2) is 14.2 Å². The molecule has 2 heteroatoms. The summed E-state index contributed by atoms with van der Waals surface area (Å²) in [4.78, 5) is 0. The Kier molecular flexibility index (Phi) is 6.34. The van der Waals surface area contributed by atoms with E-state index in [0.29, 0.717) is 0 Å². The van der Waals surface area contributed by atoms with Crippen LogP contribution in [0.25, 0.3) is 10.8 Å². The third-order valence-corrected chi connectivity index (χ3v) is 5.65. The minimum Gasteiger partial charge on any atom is -0.497 e. The molecule has 0 aliphatic carbocycles. The monoisotopic (exact) mass is 396 g/mol. The summed E-state index contributed by atoms with van der Waals surface area (Å²) in [6.45, 7) is 0. The van der Waals surface area contributed by atoms with E-state index in [9.17, 15) is 0 Å². The van der Waals surface area contributed by atoms with Gasteiger partial charge in [0.1, 0.15) is 11.5 Å². The molecule has 4 aromatic rings. The van der Waals surface area contributed by atoms with Crippen molar-refractivity contribution in [3.63, 3.8) is 0 Å². The number of fused-ring (bicyclic) bond motifs is 1. The van der Waals surface area contributed by atoms with Gasteiger partial charge in [-0.15, -0.1) is 0 Å². The number of methoxy groups -OCH3 is 2. The number of aryl methyl sites for hydroxylation is 4. The van der Waals surface area contributed by atoms with Gasteiger partial charge in [0.05, 0.1) is 14.2 Å². The van der Waals surface area contributed by atoms with Crippen LogP contribution in [0.5, 0.6) is 11.5 Å². The van der Waals surface area contributed by atoms with Crippen molar-refractivity contribution in [2.45, 2.75) is 25.7 Å². The highest BCUT2D eigenvalue weighted by molar-refractivity contribution is 5.82. The van der Waals surface area contributed by atoms with E-state index in [2.05, 4.69) is 78.9 Å². The quantitative estimate of drug-likeness (QED) is 0.342. The SMILES string of the molecule is COc1cc(CCc2ccc(CCc3ccc4ccccc4c3)cc2)cc(OC)c1. The Balaban J connectivity index is 1.34. The summed E-state index contributed by atoms with van der Waals surface area (Å²) >= 11 is 0. The molecule has 0 heterocycles. The van der Waals surface area contributed by atoms with E-state index in [4.69, 9.17) is 9.47 Å². The van der Waals surface area contributed by atoms with Gasteiger partial charge in [-0.25, -0.2) is 0 Å². The smallest absolute Gasteiger partial charge is 0.122 e. The molecule has 152 valence electrons. The standard InChI is InChI=1S/C28H28O2/c1-29-27-18-24(19-28(20-27)30-2)14-12-22-9-7-21(8-10-22)11-13-23-15-16-25-5-3-4-6-26(25)17-23/h3-10,15-20H,11-14H2,1-2H3. The summed E-state index contributed by atoms with van der Waals surface area (Å²) in [6.07, 6.45) is 4.09.